The summed E-state index contributed by atoms with van der Waals surface area (Å²) in [4.78, 5) is 12.0. The zero-order chi connectivity index (χ0) is 14.5. The van der Waals surface area contributed by atoms with Gasteiger partial charge in [0.05, 0.1) is 12.8 Å². The third kappa shape index (κ3) is 3.21. The molecule has 2 N–H and O–H groups in total. The zero-order valence-corrected chi connectivity index (χ0v) is 11.8. The highest BCUT2D eigenvalue weighted by Crippen LogP contribution is 2.26. The quantitative estimate of drug-likeness (QED) is 0.886. The van der Waals surface area contributed by atoms with E-state index in [0.717, 1.165) is 11.3 Å². The zero-order valence-electron chi connectivity index (χ0n) is 10.9. The van der Waals surface area contributed by atoms with Crippen LogP contribution in [0.4, 0.5) is 15.2 Å². The van der Waals surface area contributed by atoms with Gasteiger partial charge in [-0.1, -0.05) is 11.3 Å². The summed E-state index contributed by atoms with van der Waals surface area (Å²) in [6, 6.07) is 3.86. The summed E-state index contributed by atoms with van der Waals surface area (Å²) in [7, 11) is 1.40. The third-order valence-corrected chi connectivity index (χ3v) is 3.24. The van der Waals surface area contributed by atoms with Crippen LogP contribution in [-0.2, 0) is 0 Å². The fraction of sp³-hybridized carbons (Fsp3) is 0.250. The highest BCUT2D eigenvalue weighted by atomic mass is 32.1. The number of methoxy groups -OCH3 is 1. The number of carbonyl (C=O) groups excluding carboxylic acids is 1. The summed E-state index contributed by atoms with van der Waals surface area (Å²) in [5.74, 6) is -0.614. The third-order valence-electron chi connectivity index (χ3n) is 2.36. The maximum Gasteiger partial charge on any atom is 0.286 e. The first-order valence-electron chi connectivity index (χ1n) is 5.86. The Balaban J connectivity index is 2.14. The Bertz CT molecular complexity index is 617. The number of carbonyl (C=O) groups is 1. The van der Waals surface area contributed by atoms with Gasteiger partial charge in [-0.15, -0.1) is 10.2 Å². The highest BCUT2D eigenvalue weighted by molar-refractivity contribution is 7.17. The topological polar surface area (TPSA) is 76.1 Å². The van der Waals surface area contributed by atoms with Crippen LogP contribution >= 0.6 is 11.3 Å². The molecule has 8 heteroatoms. The summed E-state index contributed by atoms with van der Waals surface area (Å²) in [5.41, 5.74) is 0.374. The minimum atomic E-state index is -0.440. The van der Waals surface area contributed by atoms with Crippen molar-refractivity contribution >= 4 is 28.1 Å². The molecule has 0 aliphatic rings. The average molecular weight is 296 g/mol. The van der Waals surface area contributed by atoms with E-state index in [1.165, 1.54) is 25.3 Å². The van der Waals surface area contributed by atoms with Gasteiger partial charge in [-0.05, 0) is 19.1 Å². The maximum absolute atomic E-state index is 13.1. The van der Waals surface area contributed by atoms with Crippen molar-refractivity contribution in [2.24, 2.45) is 0 Å². The van der Waals surface area contributed by atoms with E-state index in [9.17, 15) is 9.18 Å². The van der Waals surface area contributed by atoms with Crippen LogP contribution in [0.3, 0.4) is 0 Å². The van der Waals surface area contributed by atoms with Crippen LogP contribution in [0, 0.1) is 5.82 Å². The van der Waals surface area contributed by atoms with Crippen LogP contribution in [0.1, 0.15) is 16.7 Å². The molecule has 1 aromatic carbocycles. The number of amides is 1. The lowest BCUT2D eigenvalue weighted by atomic mass is 10.3. The Labute approximate surface area is 119 Å². The molecule has 1 heterocycles. The first-order chi connectivity index (χ1) is 9.63. The molecule has 2 aromatic rings. The number of hydrogen-bond donors (Lipinski definition) is 2. The lowest BCUT2D eigenvalue weighted by Gasteiger charge is -2.08. The minimum Gasteiger partial charge on any atom is -0.494 e. The van der Waals surface area contributed by atoms with E-state index in [2.05, 4.69) is 20.8 Å². The molecular weight excluding hydrogens is 283 g/mol. The van der Waals surface area contributed by atoms with E-state index in [0.29, 0.717) is 17.4 Å². The number of hydrogen-bond acceptors (Lipinski definition) is 6. The summed E-state index contributed by atoms with van der Waals surface area (Å²) in [5, 5.41) is 14.0. The van der Waals surface area contributed by atoms with Crippen molar-refractivity contribution in [3.05, 3.63) is 29.0 Å². The van der Waals surface area contributed by atoms with Gasteiger partial charge < -0.3 is 15.4 Å². The number of nitrogens with zero attached hydrogens (tertiary/aromatic N) is 2. The van der Waals surface area contributed by atoms with Crippen LogP contribution in [-0.4, -0.2) is 29.8 Å². The van der Waals surface area contributed by atoms with Gasteiger partial charge in [-0.2, -0.15) is 0 Å². The van der Waals surface area contributed by atoms with Gasteiger partial charge in [0, 0.05) is 12.6 Å². The van der Waals surface area contributed by atoms with Gasteiger partial charge in [0.2, 0.25) is 10.1 Å². The van der Waals surface area contributed by atoms with E-state index in [-0.39, 0.29) is 10.8 Å². The molecule has 0 fully saturated rings. The monoisotopic (exact) mass is 296 g/mol. The van der Waals surface area contributed by atoms with Crippen molar-refractivity contribution in [2.45, 2.75) is 6.92 Å². The minimum absolute atomic E-state index is 0.215. The normalized spacial score (nSPS) is 10.2. The second kappa shape index (κ2) is 6.29. The smallest absolute Gasteiger partial charge is 0.286 e. The predicted molar refractivity (Wildman–Crippen MR) is 75.0 cm³/mol. The number of rotatable bonds is 5. The highest BCUT2D eigenvalue weighted by Gasteiger charge is 2.15. The molecule has 0 radical (unpaired) electrons. The van der Waals surface area contributed by atoms with Crippen molar-refractivity contribution < 1.29 is 13.9 Å². The number of nitrogens with one attached hydrogen (secondary N) is 2. The number of benzene rings is 1. The van der Waals surface area contributed by atoms with Crippen LogP contribution in [0.5, 0.6) is 5.75 Å². The van der Waals surface area contributed by atoms with E-state index < -0.39 is 11.7 Å². The molecule has 20 heavy (non-hydrogen) atoms. The molecule has 0 bridgehead atoms. The van der Waals surface area contributed by atoms with Crippen molar-refractivity contribution in [3.63, 3.8) is 0 Å². The van der Waals surface area contributed by atoms with Gasteiger partial charge in [0.1, 0.15) is 11.6 Å². The number of ether oxygens (including phenoxy) is 1. The first kappa shape index (κ1) is 14.2. The molecule has 106 valence electrons. The Morgan fingerprint density at radius 2 is 2.25 bits per heavy atom. The van der Waals surface area contributed by atoms with Gasteiger partial charge in [0.25, 0.3) is 5.91 Å². The Kier molecular flexibility index (Phi) is 4.46. The molecule has 1 aromatic heterocycles. The number of anilines is 2. The lowest BCUT2D eigenvalue weighted by molar-refractivity contribution is 0.102. The van der Waals surface area contributed by atoms with Gasteiger partial charge in [-0.3, -0.25) is 4.79 Å². The lowest BCUT2D eigenvalue weighted by Crippen LogP contribution is -2.12. The second-order valence-electron chi connectivity index (χ2n) is 3.74. The summed E-state index contributed by atoms with van der Waals surface area (Å²) in [6.07, 6.45) is 0. The van der Waals surface area contributed by atoms with Crippen LogP contribution in [0.15, 0.2) is 18.2 Å². The Hall–Kier alpha value is -2.22. The predicted octanol–water partition coefficient (Wildman–Crippen LogP) is 2.37. The average Bonchev–Trinajstić information content (AvgIpc) is 2.90. The summed E-state index contributed by atoms with van der Waals surface area (Å²) >= 11 is 1.14. The van der Waals surface area contributed by atoms with Crippen LogP contribution in [0.25, 0.3) is 0 Å². The molecule has 6 nitrogen and oxygen atoms in total. The standard InChI is InChI=1S/C12H13FN4O2S/c1-3-14-12-17-16-11(20-12)10(18)15-8-5-4-7(13)6-9(8)19-2/h4-6H,3H2,1-2H3,(H,14,17)(H,15,18). The van der Waals surface area contributed by atoms with Crippen molar-refractivity contribution in [1.82, 2.24) is 10.2 Å². The van der Waals surface area contributed by atoms with Gasteiger partial charge in [0.15, 0.2) is 0 Å². The molecule has 0 aliphatic heterocycles. The molecule has 0 saturated heterocycles. The molecule has 1 amide bonds. The summed E-state index contributed by atoms with van der Waals surface area (Å²) < 4.78 is 18.1. The molecule has 2 rings (SSSR count). The molecule has 0 spiro atoms. The molecular formula is C12H13FN4O2S. The van der Waals surface area contributed by atoms with Crippen molar-refractivity contribution in [2.75, 3.05) is 24.3 Å². The number of aromatic nitrogens is 2. The van der Waals surface area contributed by atoms with Crippen molar-refractivity contribution in [3.8, 4) is 5.75 Å². The van der Waals surface area contributed by atoms with Crippen LogP contribution < -0.4 is 15.4 Å². The van der Waals surface area contributed by atoms with E-state index in [1.54, 1.807) is 0 Å². The first-order valence-corrected chi connectivity index (χ1v) is 6.68. The Morgan fingerprint density at radius 3 is 2.95 bits per heavy atom. The molecule has 0 unspecified atom stereocenters. The Morgan fingerprint density at radius 1 is 1.45 bits per heavy atom. The molecule has 0 saturated carbocycles. The van der Waals surface area contributed by atoms with Crippen LogP contribution in [0.2, 0.25) is 0 Å². The van der Waals surface area contributed by atoms with E-state index >= 15 is 0 Å². The van der Waals surface area contributed by atoms with Crippen molar-refractivity contribution in [1.29, 1.82) is 0 Å². The van der Waals surface area contributed by atoms with E-state index in [4.69, 9.17) is 4.74 Å². The van der Waals surface area contributed by atoms with Gasteiger partial charge in [-0.25, -0.2) is 4.39 Å². The maximum atomic E-state index is 13.1. The fourth-order valence-corrected chi connectivity index (χ4v) is 2.19. The van der Waals surface area contributed by atoms with Gasteiger partial charge >= 0.3 is 0 Å². The molecule has 0 aliphatic carbocycles. The fourth-order valence-electron chi connectivity index (χ4n) is 1.48. The summed E-state index contributed by atoms with van der Waals surface area (Å²) in [6.45, 7) is 2.62. The second-order valence-corrected chi connectivity index (χ2v) is 4.72. The number of halogens is 1. The van der Waals surface area contributed by atoms with E-state index in [1.807, 2.05) is 6.92 Å². The molecule has 0 atom stereocenters. The largest absolute Gasteiger partial charge is 0.494 e. The SMILES string of the molecule is CCNc1nnc(C(=O)Nc2ccc(F)cc2OC)s1.